The Morgan fingerprint density at radius 3 is 2.88 bits per heavy atom. The zero-order valence-electron chi connectivity index (χ0n) is 10.5. The van der Waals surface area contributed by atoms with E-state index in [9.17, 15) is 0 Å². The Balaban J connectivity index is 2.22. The first-order valence-electron chi connectivity index (χ1n) is 6.13. The normalized spacial score (nSPS) is 23.9. The lowest BCUT2D eigenvalue weighted by molar-refractivity contribution is 0.441. The molecule has 1 aromatic heterocycles. The molecular formula is C14H18N2S. The van der Waals surface area contributed by atoms with Gasteiger partial charge >= 0.3 is 0 Å². The van der Waals surface area contributed by atoms with Crippen LogP contribution in [0.4, 0.5) is 0 Å². The van der Waals surface area contributed by atoms with E-state index in [1.54, 1.807) is 0 Å². The van der Waals surface area contributed by atoms with Crippen LogP contribution in [0.3, 0.4) is 0 Å². The fourth-order valence-electron chi connectivity index (χ4n) is 2.84. The maximum Gasteiger partial charge on any atom is 0.0460 e. The van der Waals surface area contributed by atoms with E-state index in [1.807, 2.05) is 11.8 Å². The van der Waals surface area contributed by atoms with Crippen LogP contribution in [0.5, 0.6) is 0 Å². The molecule has 3 rings (SSSR count). The van der Waals surface area contributed by atoms with Crippen molar-refractivity contribution in [3.63, 3.8) is 0 Å². The average Bonchev–Trinajstić information content (AvgIpc) is 2.67. The molecule has 0 saturated heterocycles. The molecule has 2 nitrogen and oxygen atoms in total. The van der Waals surface area contributed by atoms with Crippen molar-refractivity contribution in [2.75, 3.05) is 6.26 Å². The number of benzene rings is 1. The number of nitrogens with one attached hydrogen (secondary N) is 2. The first kappa shape index (κ1) is 11.2. The molecule has 2 atom stereocenters. The minimum Gasteiger partial charge on any atom is -0.357 e. The minimum absolute atomic E-state index is 0.430. The summed E-state index contributed by atoms with van der Waals surface area (Å²) >= 11 is 1.81. The number of thioether (sulfide) groups is 1. The van der Waals surface area contributed by atoms with Crippen molar-refractivity contribution in [1.82, 2.24) is 10.3 Å². The summed E-state index contributed by atoms with van der Waals surface area (Å²) in [6.45, 7) is 4.50. The van der Waals surface area contributed by atoms with Gasteiger partial charge in [-0.25, -0.2) is 0 Å². The van der Waals surface area contributed by atoms with Crippen LogP contribution in [0.1, 0.15) is 31.1 Å². The van der Waals surface area contributed by atoms with Crippen molar-refractivity contribution in [2.45, 2.75) is 37.2 Å². The summed E-state index contributed by atoms with van der Waals surface area (Å²) in [4.78, 5) is 4.91. The lowest BCUT2D eigenvalue weighted by Crippen LogP contribution is -2.35. The molecule has 0 aliphatic carbocycles. The monoisotopic (exact) mass is 246 g/mol. The fourth-order valence-corrected chi connectivity index (χ4v) is 3.28. The lowest BCUT2D eigenvalue weighted by atomic mass is 9.96. The predicted molar refractivity (Wildman–Crippen MR) is 74.8 cm³/mol. The molecule has 1 aliphatic heterocycles. The SMILES string of the molecule is CSc1ccc2[nH]c3c(c2c1)CC(C)NC3C. The van der Waals surface area contributed by atoms with E-state index in [-0.39, 0.29) is 0 Å². The van der Waals surface area contributed by atoms with Gasteiger partial charge in [-0.1, -0.05) is 0 Å². The highest BCUT2D eigenvalue weighted by Gasteiger charge is 2.24. The Kier molecular flexibility index (Phi) is 2.68. The molecule has 1 aromatic carbocycles. The van der Waals surface area contributed by atoms with Gasteiger partial charge in [0.05, 0.1) is 0 Å². The van der Waals surface area contributed by atoms with Crippen LogP contribution in [0.2, 0.25) is 0 Å². The van der Waals surface area contributed by atoms with Gasteiger partial charge in [0.2, 0.25) is 0 Å². The van der Waals surface area contributed by atoms with E-state index in [0.29, 0.717) is 12.1 Å². The zero-order valence-corrected chi connectivity index (χ0v) is 11.3. The molecule has 2 unspecified atom stereocenters. The van der Waals surface area contributed by atoms with Gasteiger partial charge in [0.1, 0.15) is 0 Å². The van der Waals surface area contributed by atoms with E-state index in [1.165, 1.54) is 27.1 Å². The second kappa shape index (κ2) is 4.07. The predicted octanol–water partition coefficient (Wildman–Crippen LogP) is 3.49. The van der Waals surface area contributed by atoms with Crippen LogP contribution in [-0.2, 0) is 6.42 Å². The van der Waals surface area contributed by atoms with E-state index < -0.39 is 0 Å². The highest BCUT2D eigenvalue weighted by Crippen LogP contribution is 2.33. The van der Waals surface area contributed by atoms with Crippen LogP contribution in [0.15, 0.2) is 23.1 Å². The summed E-state index contributed by atoms with van der Waals surface area (Å²) in [5, 5.41) is 5.00. The van der Waals surface area contributed by atoms with Crippen LogP contribution >= 0.6 is 11.8 Å². The van der Waals surface area contributed by atoms with E-state index >= 15 is 0 Å². The van der Waals surface area contributed by atoms with Crippen LogP contribution in [0.25, 0.3) is 10.9 Å². The summed E-state index contributed by atoms with van der Waals surface area (Å²) in [7, 11) is 0. The summed E-state index contributed by atoms with van der Waals surface area (Å²) in [6.07, 6.45) is 3.25. The van der Waals surface area contributed by atoms with Crippen molar-refractivity contribution in [1.29, 1.82) is 0 Å². The molecule has 2 N–H and O–H groups in total. The van der Waals surface area contributed by atoms with Crippen molar-refractivity contribution < 1.29 is 0 Å². The number of H-pyrrole nitrogens is 1. The number of fused-ring (bicyclic) bond motifs is 3. The second-order valence-corrected chi connectivity index (χ2v) is 5.80. The maximum atomic E-state index is 3.59. The van der Waals surface area contributed by atoms with E-state index in [0.717, 1.165) is 6.42 Å². The molecule has 2 heterocycles. The fraction of sp³-hybridized carbons (Fsp3) is 0.429. The zero-order chi connectivity index (χ0) is 12.0. The molecule has 1 aliphatic rings. The third-order valence-corrected chi connectivity index (χ3v) is 4.35. The van der Waals surface area contributed by atoms with Gasteiger partial charge in [-0.15, -0.1) is 11.8 Å². The highest BCUT2D eigenvalue weighted by atomic mass is 32.2. The van der Waals surface area contributed by atoms with Gasteiger partial charge in [-0.3, -0.25) is 0 Å². The number of rotatable bonds is 1. The largest absolute Gasteiger partial charge is 0.357 e. The molecule has 3 heteroatoms. The van der Waals surface area contributed by atoms with Crippen LogP contribution in [-0.4, -0.2) is 17.3 Å². The summed E-state index contributed by atoms with van der Waals surface area (Å²) in [5.41, 5.74) is 4.15. The minimum atomic E-state index is 0.430. The third kappa shape index (κ3) is 1.78. The van der Waals surface area contributed by atoms with Crippen molar-refractivity contribution >= 4 is 22.7 Å². The van der Waals surface area contributed by atoms with Gasteiger partial charge in [0.25, 0.3) is 0 Å². The molecule has 0 fully saturated rings. The molecule has 0 spiro atoms. The van der Waals surface area contributed by atoms with Gasteiger partial charge < -0.3 is 10.3 Å². The molecule has 0 bridgehead atoms. The number of hydrogen-bond donors (Lipinski definition) is 2. The molecule has 90 valence electrons. The highest BCUT2D eigenvalue weighted by molar-refractivity contribution is 7.98. The van der Waals surface area contributed by atoms with Gasteiger partial charge in [0, 0.05) is 33.6 Å². The van der Waals surface area contributed by atoms with Crippen LogP contribution < -0.4 is 5.32 Å². The van der Waals surface area contributed by atoms with E-state index in [4.69, 9.17) is 0 Å². The van der Waals surface area contributed by atoms with Crippen LogP contribution in [0, 0.1) is 0 Å². The van der Waals surface area contributed by atoms with E-state index in [2.05, 4.69) is 48.6 Å². The lowest BCUT2D eigenvalue weighted by Gasteiger charge is -2.26. The molecular weight excluding hydrogens is 228 g/mol. The second-order valence-electron chi connectivity index (χ2n) is 4.92. The number of hydrogen-bond acceptors (Lipinski definition) is 2. The Hall–Kier alpha value is -0.930. The topological polar surface area (TPSA) is 27.8 Å². The summed E-state index contributed by atoms with van der Waals surface area (Å²) in [5.74, 6) is 0. The molecule has 0 amide bonds. The third-order valence-electron chi connectivity index (χ3n) is 3.62. The molecule has 2 aromatic rings. The summed E-state index contributed by atoms with van der Waals surface area (Å²) in [6, 6.07) is 7.71. The molecule has 0 radical (unpaired) electrons. The average molecular weight is 246 g/mol. The summed E-state index contributed by atoms with van der Waals surface area (Å²) < 4.78 is 0. The standard InChI is InChI=1S/C14H18N2S/c1-8-6-12-11-7-10(17-3)4-5-13(11)16-14(12)9(2)15-8/h4-5,7-9,15-16H,6H2,1-3H3. The number of aromatic nitrogens is 1. The Morgan fingerprint density at radius 1 is 1.29 bits per heavy atom. The first-order chi connectivity index (χ1) is 8.19. The maximum absolute atomic E-state index is 3.59. The van der Waals surface area contributed by atoms with Crippen molar-refractivity contribution in [3.8, 4) is 0 Å². The molecule has 0 saturated carbocycles. The van der Waals surface area contributed by atoms with Gasteiger partial charge in [0.15, 0.2) is 0 Å². The van der Waals surface area contributed by atoms with Crippen molar-refractivity contribution in [3.05, 3.63) is 29.5 Å². The quantitative estimate of drug-likeness (QED) is 0.754. The smallest absolute Gasteiger partial charge is 0.0460 e. The Labute approximate surface area is 106 Å². The Morgan fingerprint density at radius 2 is 2.12 bits per heavy atom. The van der Waals surface area contributed by atoms with Gasteiger partial charge in [-0.05, 0) is 50.3 Å². The van der Waals surface area contributed by atoms with Gasteiger partial charge in [-0.2, -0.15) is 0 Å². The molecule has 17 heavy (non-hydrogen) atoms. The first-order valence-corrected chi connectivity index (χ1v) is 7.36. The number of aromatic amines is 1. The Bertz CT molecular complexity index is 559. The van der Waals surface area contributed by atoms with Crippen molar-refractivity contribution in [2.24, 2.45) is 0 Å².